The summed E-state index contributed by atoms with van der Waals surface area (Å²) in [6.07, 6.45) is 0.839. The fourth-order valence-corrected chi connectivity index (χ4v) is 4.93. The van der Waals surface area contributed by atoms with Crippen LogP contribution in [0.5, 0.6) is 0 Å². The number of fused-ring (bicyclic) bond motifs is 3. The first-order valence-corrected chi connectivity index (χ1v) is 12.4. The van der Waals surface area contributed by atoms with E-state index in [1.807, 2.05) is 12.2 Å². The number of halogens is 6. The molecule has 202 valence electrons. The number of nitrogens with zero attached hydrogens (tertiary/aromatic N) is 3. The number of benzene rings is 2. The maximum atomic E-state index is 13.5. The van der Waals surface area contributed by atoms with E-state index in [0.29, 0.717) is 42.7 Å². The topological polar surface area (TPSA) is 50.2 Å². The van der Waals surface area contributed by atoms with Crippen LogP contribution in [0, 0.1) is 11.8 Å². The highest BCUT2D eigenvalue weighted by molar-refractivity contribution is 6.30. The molecule has 0 saturated carbocycles. The number of hydrogen-bond acceptors (Lipinski definition) is 3. The number of aromatic nitrogens is 2. The van der Waals surface area contributed by atoms with Crippen molar-refractivity contribution in [2.24, 2.45) is 0 Å². The van der Waals surface area contributed by atoms with Crippen LogP contribution in [0.4, 0.5) is 26.7 Å². The van der Waals surface area contributed by atoms with Crippen LogP contribution in [0.2, 0.25) is 5.02 Å². The summed E-state index contributed by atoms with van der Waals surface area (Å²) in [5.74, 6) is -1.20. The lowest BCUT2D eigenvalue weighted by molar-refractivity contribution is -0.137. The number of carbonyl (C=O) groups excluding carboxylic acids is 1. The predicted octanol–water partition coefficient (Wildman–Crippen LogP) is 6.82. The Bertz CT molecular complexity index is 1580. The molecule has 0 saturated heterocycles. The lowest BCUT2D eigenvalue weighted by Crippen LogP contribution is -2.34. The Morgan fingerprint density at radius 3 is 2.67 bits per heavy atom. The molecular weight excluding hydrogens is 539 g/mol. The highest BCUT2D eigenvalue weighted by atomic mass is 35.5. The third-order valence-electron chi connectivity index (χ3n) is 6.61. The molecule has 3 heterocycles. The summed E-state index contributed by atoms with van der Waals surface area (Å²) in [5, 5.41) is 3.27. The average Bonchev–Trinajstić information content (AvgIpc) is 3.22. The highest BCUT2D eigenvalue weighted by Crippen LogP contribution is 2.36. The van der Waals surface area contributed by atoms with Gasteiger partial charge in [0.2, 0.25) is 5.95 Å². The van der Waals surface area contributed by atoms with Crippen molar-refractivity contribution in [2.45, 2.75) is 25.7 Å². The molecule has 0 fully saturated rings. The largest absolute Gasteiger partial charge is 0.416 e. The first-order chi connectivity index (χ1) is 18.6. The second-order valence-corrected chi connectivity index (χ2v) is 9.60. The van der Waals surface area contributed by atoms with Gasteiger partial charge >= 0.3 is 12.2 Å². The highest BCUT2D eigenvalue weighted by Gasteiger charge is 2.33. The van der Waals surface area contributed by atoms with Gasteiger partial charge in [0.05, 0.1) is 16.1 Å². The van der Waals surface area contributed by atoms with Gasteiger partial charge in [-0.15, -0.1) is 0 Å². The summed E-state index contributed by atoms with van der Waals surface area (Å²) in [4.78, 5) is 18.9. The number of hydrogen-bond donors (Lipinski definition) is 1. The van der Waals surface area contributed by atoms with E-state index in [-0.39, 0.29) is 17.1 Å². The molecule has 0 spiro atoms. The molecule has 0 bridgehead atoms. The molecule has 11 heteroatoms. The zero-order chi connectivity index (χ0) is 27.7. The molecule has 0 aliphatic carbocycles. The van der Waals surface area contributed by atoms with Gasteiger partial charge < -0.3 is 5.32 Å². The van der Waals surface area contributed by atoms with Crippen molar-refractivity contribution < 1.29 is 26.7 Å². The minimum atomic E-state index is -4.57. The van der Waals surface area contributed by atoms with E-state index in [1.165, 1.54) is 35.0 Å². The Kier molecular flexibility index (Phi) is 7.42. The summed E-state index contributed by atoms with van der Waals surface area (Å²) in [6, 6.07) is 9.94. The van der Waals surface area contributed by atoms with Crippen LogP contribution in [-0.4, -0.2) is 33.6 Å². The molecule has 1 amide bonds. The third-order valence-corrected chi connectivity index (χ3v) is 6.90. The van der Waals surface area contributed by atoms with Gasteiger partial charge in [-0.25, -0.2) is 14.2 Å². The number of alkyl halides is 3. The van der Waals surface area contributed by atoms with Gasteiger partial charge in [-0.3, -0.25) is 9.47 Å². The Hall–Kier alpha value is -3.76. The molecule has 2 aromatic carbocycles. The molecular formula is C28H22ClF5N4O. The van der Waals surface area contributed by atoms with E-state index in [2.05, 4.69) is 15.2 Å². The van der Waals surface area contributed by atoms with Gasteiger partial charge in [0, 0.05) is 49.9 Å². The lowest BCUT2D eigenvalue weighted by atomic mass is 10.0. The van der Waals surface area contributed by atoms with Crippen LogP contribution in [-0.2, 0) is 25.7 Å². The maximum Gasteiger partial charge on any atom is 0.416 e. The number of nitrogens with one attached hydrogen (secondary N) is 1. The second kappa shape index (κ2) is 10.8. The summed E-state index contributed by atoms with van der Waals surface area (Å²) in [6.45, 7) is 1.49. The van der Waals surface area contributed by atoms with Gasteiger partial charge in [0.1, 0.15) is 5.82 Å². The van der Waals surface area contributed by atoms with E-state index >= 15 is 0 Å². The van der Waals surface area contributed by atoms with Crippen molar-refractivity contribution in [3.8, 4) is 0 Å². The van der Waals surface area contributed by atoms with Crippen molar-refractivity contribution in [3.63, 3.8) is 0 Å². The zero-order valence-corrected chi connectivity index (χ0v) is 21.2. The summed E-state index contributed by atoms with van der Waals surface area (Å²) in [5.41, 5.74) is 1.92. The molecule has 39 heavy (non-hydrogen) atoms. The zero-order valence-electron chi connectivity index (χ0n) is 20.4. The summed E-state index contributed by atoms with van der Waals surface area (Å²) >= 11 is 5.84. The molecule has 1 aliphatic heterocycles. The molecule has 0 unspecified atom stereocenters. The SMILES string of the molecule is O=C(NCc1ccnc(F)c1)n1c2c(c3ccc(C(F)(F)F)cc31)CN(C/C=C/c1ccc(F)c(Cl)c1)CC2. The first kappa shape index (κ1) is 26.8. The summed E-state index contributed by atoms with van der Waals surface area (Å²) < 4.78 is 68.7. The fraction of sp³-hybridized carbons (Fsp3) is 0.214. The minimum absolute atomic E-state index is 0.0179. The van der Waals surface area contributed by atoms with Crippen molar-refractivity contribution in [2.75, 3.05) is 13.1 Å². The number of carbonyl (C=O) groups is 1. The Morgan fingerprint density at radius 2 is 1.92 bits per heavy atom. The van der Waals surface area contributed by atoms with Gasteiger partial charge in [-0.1, -0.05) is 35.9 Å². The van der Waals surface area contributed by atoms with Crippen molar-refractivity contribution in [1.29, 1.82) is 0 Å². The van der Waals surface area contributed by atoms with Gasteiger partial charge in [-0.2, -0.15) is 17.6 Å². The first-order valence-electron chi connectivity index (χ1n) is 12.1. The maximum absolute atomic E-state index is 13.5. The van der Waals surface area contributed by atoms with E-state index in [9.17, 15) is 26.7 Å². The van der Waals surface area contributed by atoms with Crippen LogP contribution < -0.4 is 5.32 Å². The number of amides is 1. The Morgan fingerprint density at radius 1 is 1.10 bits per heavy atom. The van der Waals surface area contributed by atoms with Crippen LogP contribution >= 0.6 is 11.6 Å². The van der Waals surface area contributed by atoms with Crippen molar-refractivity contribution >= 4 is 34.6 Å². The van der Waals surface area contributed by atoms with E-state index < -0.39 is 29.5 Å². The van der Waals surface area contributed by atoms with Crippen molar-refractivity contribution in [1.82, 2.24) is 19.8 Å². The smallest absolute Gasteiger partial charge is 0.333 e. The van der Waals surface area contributed by atoms with Crippen LogP contribution in [0.15, 0.2) is 60.8 Å². The Labute approximate surface area is 225 Å². The molecule has 5 rings (SSSR count). The number of rotatable bonds is 5. The molecule has 0 radical (unpaired) electrons. The van der Waals surface area contributed by atoms with E-state index in [0.717, 1.165) is 23.3 Å². The quantitative estimate of drug-likeness (QED) is 0.215. The average molecular weight is 561 g/mol. The Balaban J connectivity index is 1.42. The minimum Gasteiger partial charge on any atom is -0.333 e. The van der Waals surface area contributed by atoms with Crippen LogP contribution in [0.3, 0.4) is 0 Å². The van der Waals surface area contributed by atoms with Gasteiger partial charge in [-0.05, 0) is 53.1 Å². The van der Waals surface area contributed by atoms with Crippen LogP contribution in [0.25, 0.3) is 17.0 Å². The van der Waals surface area contributed by atoms with Crippen molar-refractivity contribution in [3.05, 3.63) is 106 Å². The standard InChI is InChI=1S/C28H22ClF5N4O/c29-22-12-17(3-6-23(22)30)2-1-10-37-11-8-24-21(16-37)20-5-4-19(28(32,33)34)14-25(20)38(24)27(39)36-15-18-7-9-35-26(31)13-18/h1-7,9,12-14H,8,10-11,15-16H2,(H,36,39)/b2-1+. The monoisotopic (exact) mass is 560 g/mol. The van der Waals surface area contributed by atoms with Gasteiger partial charge in [0.15, 0.2) is 0 Å². The van der Waals surface area contributed by atoms with E-state index in [1.54, 1.807) is 12.1 Å². The molecule has 1 N–H and O–H groups in total. The second-order valence-electron chi connectivity index (χ2n) is 9.20. The molecule has 0 atom stereocenters. The summed E-state index contributed by atoms with van der Waals surface area (Å²) in [7, 11) is 0. The normalized spacial score (nSPS) is 14.2. The predicted molar refractivity (Wildman–Crippen MR) is 138 cm³/mol. The van der Waals surface area contributed by atoms with Gasteiger partial charge in [0.25, 0.3) is 0 Å². The number of pyridine rings is 1. The molecule has 2 aromatic heterocycles. The van der Waals surface area contributed by atoms with Crippen LogP contribution in [0.1, 0.15) is 27.9 Å². The third kappa shape index (κ3) is 5.81. The molecule has 1 aliphatic rings. The van der Waals surface area contributed by atoms with E-state index in [4.69, 9.17) is 11.6 Å². The lowest BCUT2D eigenvalue weighted by Gasteiger charge is -2.27. The molecule has 4 aromatic rings. The molecule has 5 nitrogen and oxygen atoms in total. The fourth-order valence-electron chi connectivity index (χ4n) is 4.74.